The molecule has 0 radical (unpaired) electrons. The lowest BCUT2D eigenvalue weighted by molar-refractivity contribution is -0.141. The van der Waals surface area contributed by atoms with Gasteiger partial charge in [-0.15, -0.1) is 0 Å². The number of nitrogens with one attached hydrogen (secondary N) is 1. The van der Waals surface area contributed by atoms with E-state index in [4.69, 9.17) is 4.74 Å². The Bertz CT molecular complexity index is 377. The summed E-state index contributed by atoms with van der Waals surface area (Å²) >= 11 is 0. The van der Waals surface area contributed by atoms with Gasteiger partial charge in [0.2, 0.25) is 5.91 Å². The number of nitrogens with zero attached hydrogens (tertiary/aromatic N) is 1. The third-order valence-electron chi connectivity index (χ3n) is 4.15. The van der Waals surface area contributed by atoms with Gasteiger partial charge in [0.05, 0.1) is 7.11 Å². The first kappa shape index (κ1) is 18.9. The number of likely N-dealkylation sites (tertiary alicyclic amines) is 1. The molecule has 128 valence electrons. The maximum Gasteiger partial charge on any atom is 0.305 e. The van der Waals surface area contributed by atoms with Crippen molar-refractivity contribution in [1.29, 1.82) is 0 Å². The highest BCUT2D eigenvalue weighted by molar-refractivity contribution is 5.81. The van der Waals surface area contributed by atoms with Crippen LogP contribution in [0.15, 0.2) is 0 Å². The minimum atomic E-state index is -0.367. The van der Waals surface area contributed by atoms with Gasteiger partial charge in [-0.3, -0.25) is 9.59 Å². The van der Waals surface area contributed by atoms with E-state index in [2.05, 4.69) is 17.1 Å². The summed E-state index contributed by atoms with van der Waals surface area (Å²) in [4.78, 5) is 26.0. The summed E-state index contributed by atoms with van der Waals surface area (Å²) in [5.41, 5.74) is -0.367. The van der Waals surface area contributed by atoms with Crippen LogP contribution in [-0.4, -0.2) is 49.6 Å². The smallest absolute Gasteiger partial charge is 0.305 e. The van der Waals surface area contributed by atoms with Crippen molar-refractivity contribution >= 4 is 11.9 Å². The number of hydrogen-bond donors (Lipinski definition) is 1. The van der Waals surface area contributed by atoms with Crippen molar-refractivity contribution in [2.75, 3.05) is 26.7 Å². The molecule has 0 bridgehead atoms. The lowest BCUT2D eigenvalue weighted by Crippen LogP contribution is -2.53. The maximum atomic E-state index is 12.2. The molecular weight excluding hydrogens is 280 g/mol. The highest BCUT2D eigenvalue weighted by Gasteiger charge is 2.30. The lowest BCUT2D eigenvalue weighted by Gasteiger charge is -2.39. The third-order valence-corrected chi connectivity index (χ3v) is 4.15. The predicted molar refractivity (Wildman–Crippen MR) is 87.5 cm³/mol. The first-order valence-corrected chi connectivity index (χ1v) is 8.36. The number of hydrogen-bond acceptors (Lipinski definition) is 4. The Kier molecular flexibility index (Phi) is 7.33. The molecule has 1 aliphatic heterocycles. The minimum absolute atomic E-state index is 0.0996. The van der Waals surface area contributed by atoms with Crippen LogP contribution >= 0.6 is 0 Å². The number of ether oxygens (including phenoxy) is 1. The SMILES string of the molecule is CCCN1CC(CCC(=O)OC)CC(NC(=O)C(C)(C)C)C1. The first-order valence-electron chi connectivity index (χ1n) is 8.36. The Labute approximate surface area is 134 Å². The molecule has 1 amide bonds. The van der Waals surface area contributed by atoms with E-state index in [1.165, 1.54) is 7.11 Å². The second kappa shape index (κ2) is 8.51. The molecule has 2 atom stereocenters. The van der Waals surface area contributed by atoms with Gasteiger partial charge in [-0.1, -0.05) is 27.7 Å². The van der Waals surface area contributed by atoms with E-state index in [-0.39, 0.29) is 23.3 Å². The van der Waals surface area contributed by atoms with E-state index in [1.54, 1.807) is 0 Å². The number of carbonyl (C=O) groups is 2. The fourth-order valence-corrected chi connectivity index (χ4v) is 2.94. The quantitative estimate of drug-likeness (QED) is 0.764. The van der Waals surface area contributed by atoms with Gasteiger partial charge in [-0.25, -0.2) is 0 Å². The molecule has 1 aliphatic rings. The highest BCUT2D eigenvalue weighted by atomic mass is 16.5. The van der Waals surface area contributed by atoms with Crippen LogP contribution in [0.4, 0.5) is 0 Å². The lowest BCUT2D eigenvalue weighted by atomic mass is 9.88. The summed E-state index contributed by atoms with van der Waals surface area (Å²) in [5, 5.41) is 3.18. The Morgan fingerprint density at radius 2 is 1.95 bits per heavy atom. The van der Waals surface area contributed by atoms with Gasteiger partial charge in [0.25, 0.3) is 0 Å². The zero-order chi connectivity index (χ0) is 16.8. The van der Waals surface area contributed by atoms with Gasteiger partial charge < -0.3 is 15.0 Å². The third kappa shape index (κ3) is 6.34. The van der Waals surface area contributed by atoms with E-state index >= 15 is 0 Å². The minimum Gasteiger partial charge on any atom is -0.469 e. The summed E-state index contributed by atoms with van der Waals surface area (Å²) in [6.07, 6.45) is 3.33. The summed E-state index contributed by atoms with van der Waals surface area (Å²) in [6.45, 7) is 10.9. The molecule has 1 heterocycles. The van der Waals surface area contributed by atoms with E-state index in [0.717, 1.165) is 38.9 Å². The molecule has 0 spiro atoms. The van der Waals surface area contributed by atoms with E-state index in [1.807, 2.05) is 20.8 Å². The Balaban J connectivity index is 2.60. The fraction of sp³-hybridized carbons (Fsp3) is 0.882. The molecule has 2 unspecified atom stereocenters. The van der Waals surface area contributed by atoms with Crippen molar-refractivity contribution in [1.82, 2.24) is 10.2 Å². The molecule has 1 fully saturated rings. The van der Waals surface area contributed by atoms with Crippen molar-refractivity contribution in [2.24, 2.45) is 11.3 Å². The van der Waals surface area contributed by atoms with Crippen LogP contribution in [0.3, 0.4) is 0 Å². The van der Waals surface area contributed by atoms with Gasteiger partial charge in [-0.2, -0.15) is 0 Å². The van der Waals surface area contributed by atoms with Gasteiger partial charge in [0, 0.05) is 31.0 Å². The average molecular weight is 312 g/mol. The zero-order valence-corrected chi connectivity index (χ0v) is 14.8. The molecule has 5 nitrogen and oxygen atoms in total. The van der Waals surface area contributed by atoms with Crippen molar-refractivity contribution in [2.45, 2.75) is 59.4 Å². The Hall–Kier alpha value is -1.10. The van der Waals surface area contributed by atoms with E-state index in [9.17, 15) is 9.59 Å². The maximum absolute atomic E-state index is 12.2. The molecule has 1 rings (SSSR count). The van der Waals surface area contributed by atoms with Gasteiger partial charge in [0.1, 0.15) is 0 Å². The molecular formula is C17H32N2O3. The van der Waals surface area contributed by atoms with Crippen LogP contribution < -0.4 is 5.32 Å². The Morgan fingerprint density at radius 1 is 1.27 bits per heavy atom. The Morgan fingerprint density at radius 3 is 2.50 bits per heavy atom. The monoisotopic (exact) mass is 312 g/mol. The summed E-state index contributed by atoms with van der Waals surface area (Å²) in [5.74, 6) is 0.384. The zero-order valence-electron chi connectivity index (χ0n) is 14.8. The number of rotatable bonds is 6. The molecule has 5 heteroatoms. The topological polar surface area (TPSA) is 58.6 Å². The van der Waals surface area contributed by atoms with E-state index < -0.39 is 0 Å². The molecule has 0 aromatic rings. The van der Waals surface area contributed by atoms with Gasteiger partial charge >= 0.3 is 5.97 Å². The number of methoxy groups -OCH3 is 1. The molecule has 0 aromatic heterocycles. The van der Waals surface area contributed by atoms with Crippen LogP contribution in [0.5, 0.6) is 0 Å². The molecule has 0 aromatic carbocycles. The highest BCUT2D eigenvalue weighted by Crippen LogP contribution is 2.23. The van der Waals surface area contributed by atoms with Crippen molar-refractivity contribution in [3.8, 4) is 0 Å². The normalized spacial score (nSPS) is 23.1. The molecule has 1 N–H and O–H groups in total. The van der Waals surface area contributed by atoms with Crippen LogP contribution in [-0.2, 0) is 14.3 Å². The number of esters is 1. The van der Waals surface area contributed by atoms with Crippen molar-refractivity contribution < 1.29 is 14.3 Å². The van der Waals surface area contributed by atoms with Gasteiger partial charge in [0.15, 0.2) is 0 Å². The van der Waals surface area contributed by atoms with Gasteiger partial charge in [-0.05, 0) is 31.7 Å². The number of carbonyl (C=O) groups excluding carboxylic acids is 2. The molecule has 1 saturated heterocycles. The largest absolute Gasteiger partial charge is 0.469 e. The average Bonchev–Trinajstić information content (AvgIpc) is 2.44. The standard InChI is InChI=1S/C17H32N2O3/c1-6-9-19-11-13(7-8-15(20)22-5)10-14(12-19)18-16(21)17(2,3)4/h13-14H,6-12H2,1-5H3,(H,18,21). The summed E-state index contributed by atoms with van der Waals surface area (Å²) in [7, 11) is 1.43. The molecule has 0 saturated carbocycles. The first-order chi connectivity index (χ1) is 10.3. The number of amides is 1. The second-order valence-electron chi connectivity index (χ2n) is 7.40. The van der Waals surface area contributed by atoms with E-state index in [0.29, 0.717) is 12.3 Å². The van der Waals surface area contributed by atoms with Crippen LogP contribution in [0.25, 0.3) is 0 Å². The molecule has 22 heavy (non-hydrogen) atoms. The van der Waals surface area contributed by atoms with Crippen LogP contribution in [0, 0.1) is 11.3 Å². The fourth-order valence-electron chi connectivity index (χ4n) is 2.94. The summed E-state index contributed by atoms with van der Waals surface area (Å²) in [6, 6.07) is 0.176. The van der Waals surface area contributed by atoms with Crippen molar-refractivity contribution in [3.63, 3.8) is 0 Å². The van der Waals surface area contributed by atoms with Crippen LogP contribution in [0.2, 0.25) is 0 Å². The second-order valence-corrected chi connectivity index (χ2v) is 7.40. The predicted octanol–water partition coefficient (Wildman–Crippen LogP) is 2.20. The van der Waals surface area contributed by atoms with Crippen molar-refractivity contribution in [3.05, 3.63) is 0 Å². The van der Waals surface area contributed by atoms with Crippen LogP contribution in [0.1, 0.15) is 53.4 Å². The molecule has 0 aliphatic carbocycles. The summed E-state index contributed by atoms with van der Waals surface area (Å²) < 4.78 is 4.73. The number of piperidine rings is 1.